The largest absolute Gasteiger partial charge is 0.356 e. The Labute approximate surface area is 173 Å². The van der Waals surface area contributed by atoms with Gasteiger partial charge in [0.1, 0.15) is 0 Å². The van der Waals surface area contributed by atoms with E-state index in [-0.39, 0.29) is 23.3 Å². The molecule has 0 unspecified atom stereocenters. The number of Topliss-reactive ketones (excluding diaryl/α,β-unsaturated/α-hetero) is 2. The van der Waals surface area contributed by atoms with Crippen molar-refractivity contribution in [2.75, 3.05) is 0 Å². The Balaban J connectivity index is 1.73. The number of benzene rings is 3. The van der Waals surface area contributed by atoms with Crippen molar-refractivity contribution in [1.29, 1.82) is 0 Å². The molecule has 30 heavy (non-hydrogen) atoms. The minimum Gasteiger partial charge on any atom is -0.356 e. The van der Waals surface area contributed by atoms with Gasteiger partial charge in [-0.15, -0.1) is 0 Å². The fraction of sp³-hybridized carbons (Fsp3) is 0.200. The first kappa shape index (κ1) is 18.9. The highest BCUT2D eigenvalue weighted by Crippen LogP contribution is 2.56. The monoisotopic (exact) mass is 400 g/mol. The van der Waals surface area contributed by atoms with Gasteiger partial charge in [-0.05, 0) is 18.1 Å². The topological polar surface area (TPSA) is 72.8 Å². The molecular weight excluding hydrogens is 380 g/mol. The van der Waals surface area contributed by atoms with Gasteiger partial charge in [0.2, 0.25) is 5.78 Å². The lowest BCUT2D eigenvalue weighted by Gasteiger charge is -2.53. The van der Waals surface area contributed by atoms with E-state index in [0.29, 0.717) is 0 Å². The first-order chi connectivity index (χ1) is 14.4. The summed E-state index contributed by atoms with van der Waals surface area (Å²) in [6.07, 6.45) is 0.0312. The third kappa shape index (κ3) is 2.34. The van der Waals surface area contributed by atoms with Crippen molar-refractivity contribution >= 4 is 11.6 Å². The van der Waals surface area contributed by atoms with Gasteiger partial charge in [0, 0.05) is 17.5 Å². The minimum absolute atomic E-state index is 0.0312. The summed E-state index contributed by atoms with van der Waals surface area (Å²) in [5.41, 5.74) is -0.779. The molecule has 0 saturated carbocycles. The molecule has 1 aliphatic carbocycles. The lowest BCUT2D eigenvalue weighted by molar-refractivity contribution is -0.487. The Morgan fingerprint density at radius 3 is 1.70 bits per heavy atom. The van der Waals surface area contributed by atoms with Gasteiger partial charge in [-0.2, -0.15) is 4.89 Å². The van der Waals surface area contributed by atoms with E-state index in [2.05, 4.69) is 0 Å². The standard InChI is InChI=1S/C25H20O5/c1-23-16-24(17-10-4-2-5-11-17,18-12-6-3-7-13-18)29-30-25(23,28)22(27)20-15-9-8-14-19(20)21(23)26/h2-15,28H,16H2,1H3/t23-,25+/m1/s1. The van der Waals surface area contributed by atoms with Gasteiger partial charge in [0.05, 0.1) is 5.41 Å². The smallest absolute Gasteiger partial charge is 0.276 e. The molecule has 5 heteroatoms. The molecule has 3 aromatic carbocycles. The summed E-state index contributed by atoms with van der Waals surface area (Å²) in [7, 11) is 0. The summed E-state index contributed by atoms with van der Waals surface area (Å²) in [4.78, 5) is 38.2. The van der Waals surface area contributed by atoms with Crippen molar-refractivity contribution in [3.05, 3.63) is 107 Å². The van der Waals surface area contributed by atoms with E-state index in [4.69, 9.17) is 9.78 Å². The molecule has 0 spiro atoms. The van der Waals surface area contributed by atoms with E-state index in [1.54, 1.807) is 25.1 Å². The van der Waals surface area contributed by atoms with E-state index in [9.17, 15) is 14.7 Å². The number of carbonyl (C=O) groups excluding carboxylic acids is 2. The predicted octanol–water partition coefficient (Wildman–Crippen LogP) is 4.06. The third-order valence-electron chi connectivity index (χ3n) is 6.36. The third-order valence-corrected chi connectivity index (χ3v) is 6.36. The van der Waals surface area contributed by atoms with Crippen molar-refractivity contribution in [2.45, 2.75) is 24.7 Å². The molecule has 5 rings (SSSR count). The van der Waals surface area contributed by atoms with Crippen LogP contribution in [-0.4, -0.2) is 22.5 Å². The normalized spacial score (nSPS) is 27.3. The van der Waals surface area contributed by atoms with Crippen LogP contribution in [0.4, 0.5) is 0 Å². The van der Waals surface area contributed by atoms with Gasteiger partial charge in [-0.3, -0.25) is 9.59 Å². The van der Waals surface area contributed by atoms with Crippen LogP contribution in [0.15, 0.2) is 84.9 Å². The Morgan fingerprint density at radius 2 is 1.17 bits per heavy atom. The van der Waals surface area contributed by atoms with Crippen LogP contribution in [0.2, 0.25) is 0 Å². The first-order valence-corrected chi connectivity index (χ1v) is 9.81. The molecule has 0 aromatic heterocycles. The summed E-state index contributed by atoms with van der Waals surface area (Å²) in [6.45, 7) is 1.58. The number of rotatable bonds is 2. The van der Waals surface area contributed by atoms with Crippen LogP contribution < -0.4 is 0 Å². The van der Waals surface area contributed by atoms with Gasteiger partial charge in [-0.25, -0.2) is 4.89 Å². The fourth-order valence-corrected chi connectivity index (χ4v) is 4.63. The molecule has 150 valence electrons. The summed E-state index contributed by atoms with van der Waals surface area (Å²) in [6, 6.07) is 25.3. The number of carbonyl (C=O) groups is 2. The zero-order valence-corrected chi connectivity index (χ0v) is 16.4. The second-order valence-corrected chi connectivity index (χ2v) is 8.08. The molecule has 0 radical (unpaired) electrons. The van der Waals surface area contributed by atoms with Gasteiger partial charge in [0.25, 0.3) is 5.79 Å². The Bertz CT molecular complexity index is 1100. The number of hydrogen-bond acceptors (Lipinski definition) is 5. The highest BCUT2D eigenvalue weighted by molar-refractivity contribution is 6.20. The summed E-state index contributed by atoms with van der Waals surface area (Å²) < 4.78 is 0. The van der Waals surface area contributed by atoms with Crippen molar-refractivity contribution in [3.63, 3.8) is 0 Å². The number of aliphatic hydroxyl groups is 1. The Hall–Kier alpha value is -3.12. The van der Waals surface area contributed by atoms with Crippen molar-refractivity contribution in [3.8, 4) is 0 Å². The number of hydrogen-bond donors (Lipinski definition) is 1. The lowest BCUT2D eigenvalue weighted by atomic mass is 9.60. The molecule has 1 N–H and O–H groups in total. The quantitative estimate of drug-likeness (QED) is 0.657. The SMILES string of the molecule is C[C@]12CC(c3ccccc3)(c3ccccc3)OO[C@@]1(O)C(=O)c1ccccc1C2=O. The van der Waals surface area contributed by atoms with Crippen LogP contribution in [0.25, 0.3) is 0 Å². The van der Waals surface area contributed by atoms with Gasteiger partial charge in [0.15, 0.2) is 11.4 Å². The maximum atomic E-state index is 13.6. The van der Waals surface area contributed by atoms with Gasteiger partial charge in [-0.1, -0.05) is 84.9 Å². The molecule has 1 aliphatic heterocycles. The average molecular weight is 400 g/mol. The Morgan fingerprint density at radius 1 is 0.700 bits per heavy atom. The first-order valence-electron chi connectivity index (χ1n) is 9.81. The van der Waals surface area contributed by atoms with Crippen molar-refractivity contribution < 1.29 is 24.5 Å². The molecule has 1 saturated heterocycles. The van der Waals surface area contributed by atoms with Crippen molar-refractivity contribution in [2.24, 2.45) is 5.41 Å². The van der Waals surface area contributed by atoms with Gasteiger partial charge < -0.3 is 5.11 Å². The second-order valence-electron chi connectivity index (χ2n) is 8.08. The molecule has 1 heterocycles. The zero-order valence-electron chi connectivity index (χ0n) is 16.4. The lowest BCUT2D eigenvalue weighted by Crippen LogP contribution is -2.67. The molecule has 1 fully saturated rings. The summed E-state index contributed by atoms with van der Waals surface area (Å²) in [5, 5.41) is 11.3. The minimum atomic E-state index is -2.41. The molecule has 0 amide bonds. The van der Waals surface area contributed by atoms with E-state index in [1.165, 1.54) is 6.07 Å². The molecule has 0 bridgehead atoms. The zero-order chi connectivity index (χ0) is 21.0. The van der Waals surface area contributed by atoms with E-state index >= 15 is 0 Å². The van der Waals surface area contributed by atoms with Crippen LogP contribution in [0.3, 0.4) is 0 Å². The van der Waals surface area contributed by atoms with E-state index < -0.39 is 22.6 Å². The van der Waals surface area contributed by atoms with Crippen LogP contribution in [0, 0.1) is 5.41 Å². The van der Waals surface area contributed by atoms with Crippen LogP contribution in [-0.2, 0) is 15.4 Å². The van der Waals surface area contributed by atoms with Crippen LogP contribution in [0.1, 0.15) is 45.2 Å². The number of ketones is 2. The fourth-order valence-electron chi connectivity index (χ4n) is 4.63. The number of fused-ring (bicyclic) bond motifs is 2. The second kappa shape index (κ2) is 6.44. The highest BCUT2D eigenvalue weighted by atomic mass is 17.2. The molecule has 2 atom stereocenters. The van der Waals surface area contributed by atoms with Crippen LogP contribution in [0.5, 0.6) is 0 Å². The van der Waals surface area contributed by atoms with Gasteiger partial charge >= 0.3 is 0 Å². The molecule has 3 aromatic rings. The average Bonchev–Trinajstić information content (AvgIpc) is 2.80. The molecular formula is C25H20O5. The molecule has 5 nitrogen and oxygen atoms in total. The van der Waals surface area contributed by atoms with E-state index in [1.807, 2.05) is 60.7 Å². The Kier molecular flexibility index (Phi) is 4.05. The highest BCUT2D eigenvalue weighted by Gasteiger charge is 2.69. The maximum Gasteiger partial charge on any atom is 0.276 e. The summed E-state index contributed by atoms with van der Waals surface area (Å²) in [5.74, 6) is -3.43. The molecule has 2 aliphatic rings. The summed E-state index contributed by atoms with van der Waals surface area (Å²) >= 11 is 0. The van der Waals surface area contributed by atoms with Crippen molar-refractivity contribution in [1.82, 2.24) is 0 Å². The van der Waals surface area contributed by atoms with E-state index in [0.717, 1.165) is 11.1 Å². The maximum absolute atomic E-state index is 13.6. The van der Waals surface area contributed by atoms with Crippen LogP contribution >= 0.6 is 0 Å². The predicted molar refractivity (Wildman–Crippen MR) is 109 cm³/mol.